The van der Waals surface area contributed by atoms with E-state index < -0.39 is 0 Å². The normalized spacial score (nSPS) is 32.8. The summed E-state index contributed by atoms with van der Waals surface area (Å²) < 4.78 is 2.32. The largest absolute Gasteiger partial charge is 0.0861 e. The summed E-state index contributed by atoms with van der Waals surface area (Å²) in [6, 6.07) is 0. The molecule has 0 aromatic carbocycles. The molecule has 1 aliphatic rings. The molecule has 0 nitrogen and oxygen atoms in total. The Bertz CT molecular complexity index is 134. The molecule has 12 heavy (non-hydrogen) atoms. The molecule has 2 heteroatoms. The Labute approximate surface area is 104 Å². The van der Waals surface area contributed by atoms with E-state index >= 15 is 0 Å². The fraction of sp³-hybridized carbons (Fsp3) is 1.00. The molecular formula is C10H18I2. The van der Waals surface area contributed by atoms with E-state index in [4.69, 9.17) is 0 Å². The van der Waals surface area contributed by atoms with Crippen LogP contribution in [0.2, 0.25) is 0 Å². The number of hydrogen-bond donors (Lipinski definition) is 0. The molecule has 3 unspecified atom stereocenters. The van der Waals surface area contributed by atoms with Gasteiger partial charge < -0.3 is 0 Å². The smallest absolute Gasteiger partial charge is 0.0112 e. The van der Waals surface area contributed by atoms with Crippen LogP contribution in [0.1, 0.15) is 33.1 Å². The Morgan fingerprint density at radius 3 is 2.33 bits per heavy atom. The van der Waals surface area contributed by atoms with Gasteiger partial charge in [-0.15, -0.1) is 0 Å². The fourth-order valence-corrected chi connectivity index (χ4v) is 4.95. The van der Waals surface area contributed by atoms with Crippen LogP contribution < -0.4 is 0 Å². The Balaban J connectivity index is 2.44. The predicted octanol–water partition coefficient (Wildman–Crippen LogP) is 4.30. The summed E-state index contributed by atoms with van der Waals surface area (Å²) in [5.74, 6) is 2.89. The van der Waals surface area contributed by atoms with Crippen molar-refractivity contribution in [2.24, 2.45) is 17.8 Å². The lowest BCUT2D eigenvalue weighted by molar-refractivity contribution is 0.293. The molecule has 0 spiro atoms. The Morgan fingerprint density at radius 2 is 2.00 bits per heavy atom. The molecule has 0 radical (unpaired) electrons. The van der Waals surface area contributed by atoms with Crippen LogP contribution in [0.3, 0.4) is 0 Å². The lowest BCUT2D eigenvalue weighted by Crippen LogP contribution is -2.19. The molecule has 0 N–H and O–H groups in total. The van der Waals surface area contributed by atoms with Crippen molar-refractivity contribution in [1.82, 2.24) is 0 Å². The molecule has 1 fully saturated rings. The van der Waals surface area contributed by atoms with Crippen LogP contribution in [-0.4, -0.2) is 8.35 Å². The molecule has 0 aromatic heterocycles. The van der Waals surface area contributed by atoms with E-state index in [0.29, 0.717) is 0 Å². The summed E-state index contributed by atoms with van der Waals surface area (Å²) in [4.78, 5) is 0. The number of alkyl halides is 2. The number of hydrogen-bond acceptors (Lipinski definition) is 0. The standard InChI is InChI=1S/C10H18I2/c1-7(2)10(6-11)8-3-4-9(12)5-8/h7-10H,3-6H2,1-2H3. The van der Waals surface area contributed by atoms with Crippen molar-refractivity contribution < 1.29 is 0 Å². The monoisotopic (exact) mass is 392 g/mol. The summed E-state index contributed by atoms with van der Waals surface area (Å²) >= 11 is 5.18. The first-order chi connectivity index (χ1) is 5.65. The number of halogens is 2. The third kappa shape index (κ3) is 3.00. The quantitative estimate of drug-likeness (QED) is 0.497. The van der Waals surface area contributed by atoms with Gasteiger partial charge in [-0.25, -0.2) is 0 Å². The van der Waals surface area contributed by atoms with Crippen LogP contribution in [0, 0.1) is 17.8 Å². The van der Waals surface area contributed by atoms with Gasteiger partial charge in [0.1, 0.15) is 0 Å². The first kappa shape index (κ1) is 11.5. The van der Waals surface area contributed by atoms with Crippen molar-refractivity contribution in [3.05, 3.63) is 0 Å². The fourth-order valence-electron chi connectivity index (χ4n) is 2.20. The second kappa shape index (κ2) is 5.37. The van der Waals surface area contributed by atoms with E-state index in [2.05, 4.69) is 59.0 Å². The van der Waals surface area contributed by atoms with Gasteiger partial charge in [0.25, 0.3) is 0 Å². The van der Waals surface area contributed by atoms with E-state index in [1.165, 1.54) is 23.7 Å². The zero-order chi connectivity index (χ0) is 9.14. The molecule has 3 atom stereocenters. The van der Waals surface area contributed by atoms with E-state index in [1.54, 1.807) is 0 Å². The van der Waals surface area contributed by atoms with E-state index in [1.807, 2.05) is 0 Å². The minimum absolute atomic E-state index is 0.883. The summed E-state index contributed by atoms with van der Waals surface area (Å²) in [6.07, 6.45) is 4.43. The van der Waals surface area contributed by atoms with Gasteiger partial charge in [0.05, 0.1) is 0 Å². The van der Waals surface area contributed by atoms with Crippen LogP contribution in [0.15, 0.2) is 0 Å². The third-order valence-corrected chi connectivity index (χ3v) is 5.20. The van der Waals surface area contributed by atoms with Gasteiger partial charge in [-0.1, -0.05) is 59.0 Å². The van der Waals surface area contributed by atoms with Gasteiger partial charge in [-0.05, 0) is 37.0 Å². The second-order valence-corrected chi connectivity index (χ2v) is 6.87. The summed E-state index contributed by atoms with van der Waals surface area (Å²) in [6.45, 7) is 4.76. The summed E-state index contributed by atoms with van der Waals surface area (Å²) in [5.41, 5.74) is 0. The lowest BCUT2D eigenvalue weighted by atomic mass is 9.84. The second-order valence-electron chi connectivity index (χ2n) is 4.23. The van der Waals surface area contributed by atoms with Gasteiger partial charge in [0.2, 0.25) is 0 Å². The first-order valence-corrected chi connectivity index (χ1v) is 7.62. The molecule has 0 amide bonds. The molecule has 0 saturated heterocycles. The maximum atomic E-state index is 2.62. The summed E-state index contributed by atoms with van der Waals surface area (Å²) in [5, 5.41) is 0. The molecule has 1 saturated carbocycles. The van der Waals surface area contributed by atoms with Crippen molar-refractivity contribution in [3.63, 3.8) is 0 Å². The van der Waals surface area contributed by atoms with Crippen LogP contribution in [-0.2, 0) is 0 Å². The van der Waals surface area contributed by atoms with Gasteiger partial charge in [0, 0.05) is 8.35 Å². The molecule has 0 heterocycles. The zero-order valence-corrected chi connectivity index (χ0v) is 12.2. The highest BCUT2D eigenvalue weighted by Gasteiger charge is 2.30. The predicted molar refractivity (Wildman–Crippen MR) is 72.4 cm³/mol. The molecule has 0 aliphatic heterocycles. The first-order valence-electron chi connectivity index (χ1n) is 4.85. The number of rotatable bonds is 3. The highest BCUT2D eigenvalue weighted by molar-refractivity contribution is 14.1. The molecule has 0 aromatic rings. The van der Waals surface area contributed by atoms with Crippen LogP contribution in [0.4, 0.5) is 0 Å². The van der Waals surface area contributed by atoms with Gasteiger partial charge in [-0.3, -0.25) is 0 Å². The third-order valence-electron chi connectivity index (χ3n) is 3.05. The molecule has 1 rings (SSSR count). The van der Waals surface area contributed by atoms with Gasteiger partial charge in [-0.2, -0.15) is 0 Å². The summed E-state index contributed by atoms with van der Waals surface area (Å²) in [7, 11) is 0. The average molecular weight is 392 g/mol. The van der Waals surface area contributed by atoms with E-state index in [9.17, 15) is 0 Å². The highest BCUT2D eigenvalue weighted by atomic mass is 127. The van der Waals surface area contributed by atoms with Crippen LogP contribution >= 0.6 is 45.2 Å². The van der Waals surface area contributed by atoms with Crippen molar-refractivity contribution in [3.8, 4) is 0 Å². The van der Waals surface area contributed by atoms with Crippen LogP contribution in [0.25, 0.3) is 0 Å². The topological polar surface area (TPSA) is 0 Å². The Hall–Kier alpha value is 1.46. The van der Waals surface area contributed by atoms with Gasteiger partial charge >= 0.3 is 0 Å². The van der Waals surface area contributed by atoms with Crippen molar-refractivity contribution in [2.75, 3.05) is 4.43 Å². The van der Waals surface area contributed by atoms with Crippen molar-refractivity contribution in [2.45, 2.75) is 37.0 Å². The van der Waals surface area contributed by atoms with E-state index in [-0.39, 0.29) is 0 Å². The molecular weight excluding hydrogens is 374 g/mol. The maximum Gasteiger partial charge on any atom is 0.0112 e. The van der Waals surface area contributed by atoms with Crippen molar-refractivity contribution >= 4 is 45.2 Å². The zero-order valence-electron chi connectivity index (χ0n) is 7.89. The SMILES string of the molecule is CC(C)C(CI)C1CCC(I)C1. The van der Waals surface area contributed by atoms with Crippen LogP contribution in [0.5, 0.6) is 0 Å². The molecule has 1 aliphatic carbocycles. The highest BCUT2D eigenvalue weighted by Crippen LogP contribution is 2.39. The average Bonchev–Trinajstić information content (AvgIpc) is 2.37. The van der Waals surface area contributed by atoms with Gasteiger partial charge in [0.15, 0.2) is 0 Å². The molecule has 0 bridgehead atoms. The maximum absolute atomic E-state index is 2.62. The molecule has 72 valence electrons. The Kier molecular flexibility index (Phi) is 5.16. The van der Waals surface area contributed by atoms with Crippen molar-refractivity contribution in [1.29, 1.82) is 0 Å². The Morgan fingerprint density at radius 1 is 1.33 bits per heavy atom. The minimum Gasteiger partial charge on any atom is -0.0861 e. The van der Waals surface area contributed by atoms with E-state index in [0.717, 1.165) is 21.7 Å². The lowest BCUT2D eigenvalue weighted by Gasteiger charge is -2.24. The minimum atomic E-state index is 0.883.